The average molecular weight is 221 g/mol. The fraction of sp³-hybridized carbons (Fsp3) is 0.143. The summed E-state index contributed by atoms with van der Waals surface area (Å²) >= 11 is 2.83. The average Bonchev–Trinajstić information content (AvgIpc) is 2.01. The maximum absolute atomic E-state index is 12.6. The monoisotopic (exact) mass is 220 g/mol. The number of aliphatic hydroxyl groups excluding tert-OH is 1. The third-order valence-corrected chi connectivity index (χ3v) is 2.08. The number of benzene rings is 1. The van der Waals surface area contributed by atoms with Crippen molar-refractivity contribution in [3.63, 3.8) is 0 Å². The highest BCUT2D eigenvalue weighted by Crippen LogP contribution is 2.30. The lowest BCUT2D eigenvalue weighted by molar-refractivity contribution is 0.275. The Morgan fingerprint density at radius 1 is 1.45 bits per heavy atom. The molecule has 0 aliphatic heterocycles. The van der Waals surface area contributed by atoms with E-state index in [9.17, 15) is 4.39 Å². The largest absolute Gasteiger partial charge is 0.506 e. The fourth-order valence-corrected chi connectivity index (χ4v) is 1.09. The van der Waals surface area contributed by atoms with Crippen LogP contribution in [0.1, 0.15) is 5.56 Å². The van der Waals surface area contributed by atoms with Gasteiger partial charge in [0.15, 0.2) is 0 Å². The van der Waals surface area contributed by atoms with Gasteiger partial charge in [0.05, 0.1) is 11.1 Å². The van der Waals surface area contributed by atoms with Crippen LogP contribution < -0.4 is 0 Å². The van der Waals surface area contributed by atoms with Crippen LogP contribution in [0.5, 0.6) is 5.75 Å². The van der Waals surface area contributed by atoms with Gasteiger partial charge in [0, 0.05) is 5.56 Å². The molecule has 0 atom stereocenters. The second-order valence-corrected chi connectivity index (χ2v) is 2.82. The molecule has 1 rings (SSSR count). The zero-order valence-electron chi connectivity index (χ0n) is 5.51. The molecular formula is C7H6BrFO2. The van der Waals surface area contributed by atoms with Gasteiger partial charge in [0.25, 0.3) is 0 Å². The molecule has 0 saturated carbocycles. The van der Waals surface area contributed by atoms with Gasteiger partial charge in [-0.3, -0.25) is 0 Å². The normalized spacial score (nSPS) is 10.1. The Bertz CT molecular complexity index is 275. The summed E-state index contributed by atoms with van der Waals surface area (Å²) in [6.45, 7) is -0.301. The number of hydrogen-bond acceptors (Lipinski definition) is 2. The van der Waals surface area contributed by atoms with Gasteiger partial charge in [0.1, 0.15) is 11.6 Å². The van der Waals surface area contributed by atoms with Gasteiger partial charge in [-0.05, 0) is 22.0 Å². The Balaban J connectivity index is 3.25. The molecule has 0 aliphatic rings. The molecule has 2 nitrogen and oxygen atoms in total. The first kappa shape index (κ1) is 8.49. The Morgan fingerprint density at radius 3 is 2.64 bits per heavy atom. The van der Waals surface area contributed by atoms with Crippen molar-refractivity contribution in [2.45, 2.75) is 6.61 Å². The van der Waals surface area contributed by atoms with Crippen molar-refractivity contribution in [2.24, 2.45) is 0 Å². The molecule has 0 unspecified atom stereocenters. The standard InChI is InChI=1S/C7H6BrFO2/c8-6-5(9)2-1-4(3-10)7(6)11/h1-2,10-11H,3H2. The zero-order chi connectivity index (χ0) is 8.43. The fourth-order valence-electron chi connectivity index (χ4n) is 0.708. The predicted octanol–water partition coefficient (Wildman–Crippen LogP) is 1.79. The van der Waals surface area contributed by atoms with Crippen molar-refractivity contribution in [3.8, 4) is 5.75 Å². The molecule has 2 N–H and O–H groups in total. The number of halogens is 2. The molecule has 4 heteroatoms. The molecular weight excluding hydrogens is 215 g/mol. The highest BCUT2D eigenvalue weighted by Gasteiger charge is 2.08. The highest BCUT2D eigenvalue weighted by molar-refractivity contribution is 9.10. The van der Waals surface area contributed by atoms with Gasteiger partial charge in [-0.15, -0.1) is 0 Å². The molecule has 60 valence electrons. The summed E-state index contributed by atoms with van der Waals surface area (Å²) in [6.07, 6.45) is 0. The lowest BCUT2D eigenvalue weighted by Gasteiger charge is -2.02. The molecule has 0 aliphatic carbocycles. The number of aliphatic hydroxyl groups is 1. The molecule has 0 saturated heterocycles. The van der Waals surface area contributed by atoms with Crippen LogP contribution in [0.15, 0.2) is 16.6 Å². The van der Waals surface area contributed by atoms with E-state index in [1.54, 1.807) is 0 Å². The Labute approximate surface area is 71.4 Å². The maximum Gasteiger partial charge on any atom is 0.141 e. The van der Waals surface area contributed by atoms with Gasteiger partial charge in [0.2, 0.25) is 0 Å². The second kappa shape index (κ2) is 3.19. The Hall–Kier alpha value is -0.610. The topological polar surface area (TPSA) is 40.5 Å². The lowest BCUT2D eigenvalue weighted by atomic mass is 10.2. The first-order valence-electron chi connectivity index (χ1n) is 2.93. The maximum atomic E-state index is 12.6. The first-order chi connectivity index (χ1) is 5.16. The summed E-state index contributed by atoms with van der Waals surface area (Å²) in [7, 11) is 0. The number of aromatic hydroxyl groups is 1. The van der Waals surface area contributed by atoms with E-state index < -0.39 is 5.82 Å². The van der Waals surface area contributed by atoms with Gasteiger partial charge < -0.3 is 10.2 Å². The van der Waals surface area contributed by atoms with Crippen molar-refractivity contribution in [1.29, 1.82) is 0 Å². The summed E-state index contributed by atoms with van der Waals surface area (Å²) in [4.78, 5) is 0. The van der Waals surface area contributed by atoms with Gasteiger partial charge in [-0.2, -0.15) is 0 Å². The van der Waals surface area contributed by atoms with E-state index >= 15 is 0 Å². The minimum absolute atomic E-state index is 0.0101. The molecule has 0 aromatic heterocycles. The van der Waals surface area contributed by atoms with Crippen LogP contribution in [-0.2, 0) is 6.61 Å². The van der Waals surface area contributed by atoms with Crippen molar-refractivity contribution < 1.29 is 14.6 Å². The third-order valence-electron chi connectivity index (χ3n) is 1.32. The van der Waals surface area contributed by atoms with Crippen molar-refractivity contribution in [3.05, 3.63) is 28.0 Å². The van der Waals surface area contributed by atoms with Crippen LogP contribution in [0.25, 0.3) is 0 Å². The Morgan fingerprint density at radius 2 is 2.09 bits per heavy atom. The van der Waals surface area contributed by atoms with E-state index in [2.05, 4.69) is 15.9 Å². The van der Waals surface area contributed by atoms with Gasteiger partial charge >= 0.3 is 0 Å². The van der Waals surface area contributed by atoms with Crippen LogP contribution in [0.4, 0.5) is 4.39 Å². The molecule has 0 bridgehead atoms. The summed E-state index contributed by atoms with van der Waals surface area (Å²) in [5, 5.41) is 17.8. The molecule has 1 aromatic carbocycles. The minimum atomic E-state index is -0.542. The lowest BCUT2D eigenvalue weighted by Crippen LogP contribution is -1.87. The van der Waals surface area contributed by atoms with E-state index in [4.69, 9.17) is 10.2 Å². The molecule has 0 spiro atoms. The molecule has 0 heterocycles. The number of phenols is 1. The summed E-state index contributed by atoms with van der Waals surface area (Å²) in [6, 6.07) is 2.50. The van der Waals surface area contributed by atoms with Crippen LogP contribution in [0, 0.1) is 5.82 Å². The summed E-state index contributed by atoms with van der Waals surface area (Å²) in [5.41, 5.74) is 0.304. The van der Waals surface area contributed by atoms with Gasteiger partial charge in [-0.25, -0.2) is 4.39 Å². The van der Waals surface area contributed by atoms with E-state index in [1.165, 1.54) is 12.1 Å². The van der Waals surface area contributed by atoms with Crippen LogP contribution in [0.3, 0.4) is 0 Å². The van der Waals surface area contributed by atoms with Crippen molar-refractivity contribution in [1.82, 2.24) is 0 Å². The van der Waals surface area contributed by atoms with Crippen LogP contribution >= 0.6 is 15.9 Å². The zero-order valence-corrected chi connectivity index (χ0v) is 7.10. The molecule has 0 radical (unpaired) electrons. The van der Waals surface area contributed by atoms with E-state index in [0.717, 1.165) is 0 Å². The highest BCUT2D eigenvalue weighted by atomic mass is 79.9. The Kier molecular flexibility index (Phi) is 2.46. The number of hydrogen-bond donors (Lipinski definition) is 2. The SMILES string of the molecule is OCc1ccc(F)c(Br)c1O. The van der Waals surface area contributed by atoms with Crippen LogP contribution in [-0.4, -0.2) is 10.2 Å². The third kappa shape index (κ3) is 1.52. The molecule has 1 aromatic rings. The van der Waals surface area contributed by atoms with Gasteiger partial charge in [-0.1, -0.05) is 6.07 Å². The van der Waals surface area contributed by atoms with Crippen molar-refractivity contribution in [2.75, 3.05) is 0 Å². The predicted molar refractivity (Wildman–Crippen MR) is 41.7 cm³/mol. The molecule has 0 amide bonds. The summed E-state index contributed by atoms with van der Waals surface area (Å²) in [5.74, 6) is -0.785. The van der Waals surface area contributed by atoms with Crippen LogP contribution in [0.2, 0.25) is 0 Å². The minimum Gasteiger partial charge on any atom is -0.506 e. The second-order valence-electron chi connectivity index (χ2n) is 2.03. The van der Waals surface area contributed by atoms with E-state index in [-0.39, 0.29) is 16.8 Å². The molecule has 11 heavy (non-hydrogen) atoms. The first-order valence-corrected chi connectivity index (χ1v) is 3.73. The van der Waals surface area contributed by atoms with Crippen molar-refractivity contribution >= 4 is 15.9 Å². The van der Waals surface area contributed by atoms with E-state index in [0.29, 0.717) is 5.56 Å². The quantitative estimate of drug-likeness (QED) is 0.758. The number of rotatable bonds is 1. The summed E-state index contributed by atoms with van der Waals surface area (Å²) < 4.78 is 12.6. The van der Waals surface area contributed by atoms with E-state index in [1.807, 2.05) is 0 Å². The molecule has 0 fully saturated rings. The smallest absolute Gasteiger partial charge is 0.141 e.